The fourth-order valence-corrected chi connectivity index (χ4v) is 4.35. The van der Waals surface area contributed by atoms with Crippen LogP contribution in [0, 0.1) is 0 Å². The number of rotatable bonds is 6. The van der Waals surface area contributed by atoms with Crippen LogP contribution in [0.4, 0.5) is 0 Å². The monoisotopic (exact) mass is 364 g/mol. The Morgan fingerprint density at radius 3 is 2.78 bits per heavy atom. The van der Waals surface area contributed by atoms with Gasteiger partial charge >= 0.3 is 0 Å². The molecule has 0 bridgehead atoms. The highest BCUT2D eigenvalue weighted by Gasteiger charge is 2.37. The number of carbonyl (C=O) groups is 1. The molecular formula is C23H28N2O2. The largest absolute Gasteiger partial charge is 0.348 e. The quantitative estimate of drug-likeness (QED) is 0.798. The normalized spacial score (nSPS) is 25.7. The molecule has 142 valence electrons. The standard InChI is InChI=1S/C23H28N2O2/c1-18-6-5-13-25(18)14-11-20-16-21(23(17-26)24-12-15-27-23)9-10-22(20)19-7-3-2-4-8-19/h2-4,7-10,16-18,24H,5-6,11-15H2,1H3/t18-,23?/m1/s1. The maximum atomic E-state index is 11.8. The number of hydrogen-bond acceptors (Lipinski definition) is 4. The van der Waals surface area contributed by atoms with Gasteiger partial charge in [-0.3, -0.25) is 10.1 Å². The number of likely N-dealkylation sites (tertiary alicyclic amines) is 1. The zero-order valence-corrected chi connectivity index (χ0v) is 16.0. The van der Waals surface area contributed by atoms with E-state index in [9.17, 15) is 4.79 Å². The predicted octanol–water partition coefficient (Wildman–Crippen LogP) is 3.35. The van der Waals surface area contributed by atoms with Gasteiger partial charge in [-0.2, -0.15) is 0 Å². The van der Waals surface area contributed by atoms with Crippen molar-refractivity contribution in [2.75, 3.05) is 26.2 Å². The minimum absolute atomic E-state index is 0.555. The van der Waals surface area contributed by atoms with Crippen molar-refractivity contribution < 1.29 is 9.53 Å². The minimum atomic E-state index is -0.995. The molecule has 0 aliphatic carbocycles. The molecule has 0 radical (unpaired) electrons. The van der Waals surface area contributed by atoms with Crippen molar-refractivity contribution in [3.05, 3.63) is 59.7 Å². The summed E-state index contributed by atoms with van der Waals surface area (Å²) < 4.78 is 5.78. The van der Waals surface area contributed by atoms with Crippen molar-refractivity contribution in [2.24, 2.45) is 0 Å². The minimum Gasteiger partial charge on any atom is -0.348 e. The molecule has 2 saturated heterocycles. The van der Waals surface area contributed by atoms with Crippen molar-refractivity contribution in [3.63, 3.8) is 0 Å². The Labute approximate surface area is 161 Å². The number of hydrogen-bond donors (Lipinski definition) is 1. The van der Waals surface area contributed by atoms with Gasteiger partial charge in [-0.05, 0) is 49.4 Å². The molecule has 2 aliphatic heterocycles. The first kappa shape index (κ1) is 18.4. The summed E-state index contributed by atoms with van der Waals surface area (Å²) >= 11 is 0. The molecule has 4 rings (SSSR count). The van der Waals surface area contributed by atoms with Crippen molar-refractivity contribution in [1.29, 1.82) is 0 Å². The van der Waals surface area contributed by atoms with E-state index in [2.05, 4.69) is 53.5 Å². The summed E-state index contributed by atoms with van der Waals surface area (Å²) in [4.78, 5) is 14.4. The molecule has 1 unspecified atom stereocenters. The Morgan fingerprint density at radius 2 is 2.11 bits per heavy atom. The van der Waals surface area contributed by atoms with Crippen LogP contribution >= 0.6 is 0 Å². The van der Waals surface area contributed by atoms with Gasteiger partial charge in [-0.25, -0.2) is 0 Å². The van der Waals surface area contributed by atoms with Crippen LogP contribution in [0.25, 0.3) is 11.1 Å². The van der Waals surface area contributed by atoms with Crippen LogP contribution in [0.2, 0.25) is 0 Å². The van der Waals surface area contributed by atoms with Gasteiger partial charge in [-0.15, -0.1) is 0 Å². The first-order chi connectivity index (χ1) is 13.2. The summed E-state index contributed by atoms with van der Waals surface area (Å²) in [5, 5.41) is 3.23. The zero-order valence-electron chi connectivity index (χ0n) is 16.0. The molecule has 27 heavy (non-hydrogen) atoms. The first-order valence-electron chi connectivity index (χ1n) is 10.00. The lowest BCUT2D eigenvalue weighted by molar-refractivity contribution is -0.128. The van der Waals surface area contributed by atoms with E-state index in [4.69, 9.17) is 4.74 Å². The topological polar surface area (TPSA) is 41.6 Å². The summed E-state index contributed by atoms with van der Waals surface area (Å²) in [6.07, 6.45) is 4.44. The molecule has 2 aliphatic rings. The third-order valence-corrected chi connectivity index (χ3v) is 5.96. The smallest absolute Gasteiger partial charge is 0.202 e. The second-order valence-corrected chi connectivity index (χ2v) is 7.64. The highest BCUT2D eigenvalue weighted by Crippen LogP contribution is 2.31. The van der Waals surface area contributed by atoms with E-state index in [0.29, 0.717) is 19.2 Å². The van der Waals surface area contributed by atoms with Gasteiger partial charge in [0.1, 0.15) is 0 Å². The lowest BCUT2D eigenvalue weighted by atomic mass is 9.92. The molecule has 0 saturated carbocycles. The SMILES string of the molecule is C[C@@H]1CCCN1CCc1cc(C2(C=O)NCCO2)ccc1-c1ccccc1. The molecule has 0 spiro atoms. The molecule has 0 aromatic heterocycles. The van der Waals surface area contributed by atoms with E-state index in [-0.39, 0.29) is 0 Å². The molecule has 0 amide bonds. The maximum absolute atomic E-state index is 11.8. The van der Waals surface area contributed by atoms with E-state index >= 15 is 0 Å². The second kappa shape index (κ2) is 7.93. The van der Waals surface area contributed by atoms with Crippen LogP contribution in [0.3, 0.4) is 0 Å². The van der Waals surface area contributed by atoms with Crippen LogP contribution in [-0.2, 0) is 21.7 Å². The molecular weight excluding hydrogens is 336 g/mol. The van der Waals surface area contributed by atoms with Crippen molar-refractivity contribution in [1.82, 2.24) is 10.2 Å². The predicted molar refractivity (Wildman–Crippen MR) is 108 cm³/mol. The summed E-state index contributed by atoms with van der Waals surface area (Å²) in [7, 11) is 0. The Balaban J connectivity index is 1.67. The third kappa shape index (κ3) is 3.70. The highest BCUT2D eigenvalue weighted by atomic mass is 16.5. The van der Waals surface area contributed by atoms with E-state index in [1.807, 2.05) is 12.1 Å². The van der Waals surface area contributed by atoms with Gasteiger partial charge in [0.15, 0.2) is 6.29 Å². The van der Waals surface area contributed by atoms with Gasteiger partial charge < -0.3 is 9.64 Å². The average Bonchev–Trinajstić information content (AvgIpc) is 3.36. The first-order valence-corrected chi connectivity index (χ1v) is 10.00. The molecule has 4 nitrogen and oxygen atoms in total. The van der Waals surface area contributed by atoms with Crippen LogP contribution in [0.1, 0.15) is 30.9 Å². The summed E-state index contributed by atoms with van der Waals surface area (Å²) in [5.41, 5.74) is 3.64. The summed E-state index contributed by atoms with van der Waals surface area (Å²) in [6.45, 7) is 5.80. The molecule has 2 atom stereocenters. The molecule has 2 aromatic carbocycles. The number of benzene rings is 2. The van der Waals surface area contributed by atoms with Crippen LogP contribution < -0.4 is 5.32 Å². The Hall–Kier alpha value is -2.01. The number of ether oxygens (including phenoxy) is 1. The number of nitrogens with zero attached hydrogens (tertiary/aromatic N) is 1. The summed E-state index contributed by atoms with van der Waals surface area (Å²) in [5.74, 6) is 0. The lowest BCUT2D eigenvalue weighted by Crippen LogP contribution is -2.39. The average molecular weight is 364 g/mol. The van der Waals surface area contributed by atoms with Crippen LogP contribution in [0.5, 0.6) is 0 Å². The highest BCUT2D eigenvalue weighted by molar-refractivity contribution is 5.71. The Kier molecular flexibility index (Phi) is 5.39. The zero-order chi connectivity index (χ0) is 18.7. The Bertz CT molecular complexity index is 784. The fourth-order valence-electron chi connectivity index (χ4n) is 4.35. The number of aldehydes is 1. The van der Waals surface area contributed by atoms with Crippen molar-refractivity contribution in [3.8, 4) is 11.1 Å². The van der Waals surface area contributed by atoms with Crippen LogP contribution in [-0.4, -0.2) is 43.5 Å². The van der Waals surface area contributed by atoms with Gasteiger partial charge in [0.2, 0.25) is 5.72 Å². The van der Waals surface area contributed by atoms with Gasteiger partial charge in [0.25, 0.3) is 0 Å². The van der Waals surface area contributed by atoms with Crippen LogP contribution in [0.15, 0.2) is 48.5 Å². The summed E-state index contributed by atoms with van der Waals surface area (Å²) in [6, 6.07) is 17.5. The molecule has 4 heteroatoms. The third-order valence-electron chi connectivity index (χ3n) is 5.96. The second-order valence-electron chi connectivity index (χ2n) is 7.64. The van der Waals surface area contributed by atoms with E-state index in [1.54, 1.807) is 0 Å². The number of nitrogens with one attached hydrogen (secondary N) is 1. The fraction of sp³-hybridized carbons (Fsp3) is 0.435. The Morgan fingerprint density at radius 1 is 1.26 bits per heavy atom. The van der Waals surface area contributed by atoms with E-state index < -0.39 is 5.72 Å². The molecule has 1 N–H and O–H groups in total. The number of carbonyl (C=O) groups excluding carboxylic acids is 1. The van der Waals surface area contributed by atoms with Gasteiger partial charge in [-0.1, -0.05) is 48.5 Å². The van der Waals surface area contributed by atoms with Crippen molar-refractivity contribution >= 4 is 6.29 Å². The molecule has 2 aromatic rings. The van der Waals surface area contributed by atoms with Crippen molar-refractivity contribution in [2.45, 2.75) is 38.0 Å². The van der Waals surface area contributed by atoms with Gasteiger partial charge in [0, 0.05) is 24.7 Å². The van der Waals surface area contributed by atoms with E-state index in [0.717, 1.165) is 24.8 Å². The molecule has 2 heterocycles. The van der Waals surface area contributed by atoms with E-state index in [1.165, 1.54) is 36.1 Å². The van der Waals surface area contributed by atoms with Gasteiger partial charge in [0.05, 0.1) is 6.61 Å². The molecule has 2 fully saturated rings. The maximum Gasteiger partial charge on any atom is 0.202 e. The lowest BCUT2D eigenvalue weighted by Gasteiger charge is -2.25.